The van der Waals surface area contributed by atoms with Gasteiger partial charge in [0.2, 0.25) is 0 Å². The van der Waals surface area contributed by atoms with Crippen LogP contribution in [0.4, 0.5) is 4.39 Å². The minimum absolute atomic E-state index is 0.103. The van der Waals surface area contributed by atoms with Crippen molar-refractivity contribution in [1.82, 2.24) is 10.2 Å². The lowest BCUT2D eigenvalue weighted by Crippen LogP contribution is -2.49. The van der Waals surface area contributed by atoms with Crippen LogP contribution in [0.5, 0.6) is 0 Å². The van der Waals surface area contributed by atoms with E-state index in [1.54, 1.807) is 11.3 Å². The second-order valence-electron chi connectivity index (χ2n) is 5.39. The zero-order valence-corrected chi connectivity index (χ0v) is 10.8. The summed E-state index contributed by atoms with van der Waals surface area (Å²) in [6, 6.07) is 2.17. The van der Waals surface area contributed by atoms with Gasteiger partial charge >= 0.3 is 0 Å². The summed E-state index contributed by atoms with van der Waals surface area (Å²) in [5.74, 6) is 0. The van der Waals surface area contributed by atoms with Gasteiger partial charge in [-0.05, 0) is 48.3 Å². The Labute approximate surface area is 106 Å². The summed E-state index contributed by atoms with van der Waals surface area (Å²) in [7, 11) is 0. The molecule has 0 aromatic carbocycles. The van der Waals surface area contributed by atoms with E-state index in [1.807, 2.05) is 0 Å². The Balaban J connectivity index is 1.64. The molecule has 2 fully saturated rings. The van der Waals surface area contributed by atoms with E-state index in [1.165, 1.54) is 5.56 Å². The van der Waals surface area contributed by atoms with Gasteiger partial charge in [-0.25, -0.2) is 4.39 Å². The maximum atomic E-state index is 14.1. The molecule has 0 unspecified atom stereocenters. The molecule has 1 spiro atoms. The summed E-state index contributed by atoms with van der Waals surface area (Å²) in [6.45, 7) is 4.63. The highest BCUT2D eigenvalue weighted by Gasteiger charge is 2.46. The fourth-order valence-corrected chi connectivity index (χ4v) is 3.80. The van der Waals surface area contributed by atoms with E-state index in [0.717, 1.165) is 39.1 Å². The molecule has 17 heavy (non-hydrogen) atoms. The number of piperidine rings is 1. The third kappa shape index (κ3) is 2.26. The van der Waals surface area contributed by atoms with E-state index in [0.29, 0.717) is 6.42 Å². The van der Waals surface area contributed by atoms with Gasteiger partial charge in [0, 0.05) is 25.0 Å². The molecule has 94 valence electrons. The topological polar surface area (TPSA) is 15.3 Å². The Hall–Kier alpha value is -0.450. The first-order valence-corrected chi connectivity index (χ1v) is 7.31. The normalized spacial score (nSPS) is 34.5. The second-order valence-corrected chi connectivity index (χ2v) is 6.17. The quantitative estimate of drug-likeness (QED) is 0.871. The Morgan fingerprint density at radius 3 is 3.29 bits per heavy atom. The van der Waals surface area contributed by atoms with Crippen molar-refractivity contribution in [3.8, 4) is 0 Å². The lowest BCUT2D eigenvalue weighted by Gasteiger charge is -2.37. The van der Waals surface area contributed by atoms with Crippen molar-refractivity contribution >= 4 is 11.3 Å². The van der Waals surface area contributed by atoms with Crippen LogP contribution in [0.2, 0.25) is 0 Å². The number of halogens is 1. The van der Waals surface area contributed by atoms with Gasteiger partial charge in [0.15, 0.2) is 0 Å². The highest BCUT2D eigenvalue weighted by atomic mass is 32.1. The van der Waals surface area contributed by atoms with E-state index >= 15 is 0 Å². The van der Waals surface area contributed by atoms with Crippen LogP contribution in [0, 0.1) is 5.41 Å². The maximum Gasteiger partial charge on any atom is 0.109 e. The summed E-state index contributed by atoms with van der Waals surface area (Å²) in [6.07, 6.45) is 1.08. The number of hydrogen-bond donors (Lipinski definition) is 1. The van der Waals surface area contributed by atoms with Crippen molar-refractivity contribution in [1.29, 1.82) is 0 Å². The Kier molecular flexibility index (Phi) is 3.19. The molecule has 4 heteroatoms. The van der Waals surface area contributed by atoms with Gasteiger partial charge in [-0.1, -0.05) is 0 Å². The first-order chi connectivity index (χ1) is 8.28. The van der Waals surface area contributed by atoms with Crippen LogP contribution in [0.1, 0.15) is 18.4 Å². The first kappa shape index (κ1) is 11.6. The predicted molar refractivity (Wildman–Crippen MR) is 69.0 cm³/mol. The molecule has 0 amide bonds. The molecule has 1 aromatic heterocycles. The summed E-state index contributed by atoms with van der Waals surface area (Å²) >= 11 is 1.74. The molecular formula is C13H19FN2S. The van der Waals surface area contributed by atoms with Crippen molar-refractivity contribution < 1.29 is 4.39 Å². The van der Waals surface area contributed by atoms with Crippen molar-refractivity contribution in [2.75, 3.05) is 26.2 Å². The van der Waals surface area contributed by atoms with Gasteiger partial charge in [-0.2, -0.15) is 11.3 Å². The van der Waals surface area contributed by atoms with Crippen molar-refractivity contribution in [2.24, 2.45) is 5.41 Å². The van der Waals surface area contributed by atoms with Crippen LogP contribution < -0.4 is 5.32 Å². The molecule has 3 heterocycles. The van der Waals surface area contributed by atoms with Gasteiger partial charge in [-0.3, -0.25) is 4.90 Å². The molecule has 1 aromatic rings. The number of thiophene rings is 1. The number of likely N-dealkylation sites (tertiary alicyclic amines) is 1. The third-order valence-corrected chi connectivity index (χ3v) is 4.90. The lowest BCUT2D eigenvalue weighted by atomic mass is 9.78. The van der Waals surface area contributed by atoms with Crippen LogP contribution >= 0.6 is 11.3 Å². The molecule has 3 rings (SSSR count). The average molecular weight is 254 g/mol. The molecule has 0 radical (unpaired) electrons. The summed E-state index contributed by atoms with van der Waals surface area (Å²) in [5.41, 5.74) is 1.26. The zero-order chi connectivity index (χ0) is 11.7. The fraction of sp³-hybridized carbons (Fsp3) is 0.692. The summed E-state index contributed by atoms with van der Waals surface area (Å²) in [5, 5.41) is 7.67. The zero-order valence-electron chi connectivity index (χ0n) is 9.99. The highest BCUT2D eigenvalue weighted by Crippen LogP contribution is 2.39. The third-order valence-electron chi connectivity index (χ3n) is 4.17. The standard InChI is InChI=1S/C13H19FN2S/c14-12-1-4-15-9-13(12)3-5-16(10-13)7-11-2-6-17-8-11/h2,6,8,12,15H,1,3-5,7,9-10H2/t12-,13-/m1/s1. The van der Waals surface area contributed by atoms with Crippen LogP contribution in [0.3, 0.4) is 0 Å². The number of nitrogens with one attached hydrogen (secondary N) is 1. The Morgan fingerprint density at radius 1 is 1.59 bits per heavy atom. The summed E-state index contributed by atoms with van der Waals surface area (Å²) in [4.78, 5) is 2.40. The predicted octanol–water partition coefficient (Wildman–Crippen LogP) is 2.27. The molecule has 0 bridgehead atoms. The monoisotopic (exact) mass is 254 g/mol. The van der Waals surface area contributed by atoms with Crippen LogP contribution in [0.15, 0.2) is 16.8 Å². The largest absolute Gasteiger partial charge is 0.316 e. The molecular weight excluding hydrogens is 235 g/mol. The smallest absolute Gasteiger partial charge is 0.109 e. The molecule has 0 saturated carbocycles. The molecule has 2 atom stereocenters. The molecule has 0 aliphatic carbocycles. The van der Waals surface area contributed by atoms with Crippen LogP contribution in [-0.4, -0.2) is 37.3 Å². The van der Waals surface area contributed by atoms with Crippen molar-refractivity contribution in [3.05, 3.63) is 22.4 Å². The van der Waals surface area contributed by atoms with Crippen molar-refractivity contribution in [2.45, 2.75) is 25.6 Å². The minimum atomic E-state index is -0.615. The number of alkyl halides is 1. The first-order valence-electron chi connectivity index (χ1n) is 6.37. The van der Waals surface area contributed by atoms with E-state index in [-0.39, 0.29) is 5.41 Å². The van der Waals surface area contributed by atoms with E-state index < -0.39 is 6.17 Å². The van der Waals surface area contributed by atoms with Gasteiger partial charge in [0.05, 0.1) is 0 Å². The molecule has 1 N–H and O–H groups in total. The van der Waals surface area contributed by atoms with Gasteiger partial charge in [0.1, 0.15) is 6.17 Å². The van der Waals surface area contributed by atoms with Gasteiger partial charge < -0.3 is 5.32 Å². The number of nitrogens with zero attached hydrogens (tertiary/aromatic N) is 1. The summed E-state index contributed by atoms with van der Waals surface area (Å²) < 4.78 is 14.1. The number of rotatable bonds is 2. The SMILES string of the molecule is F[C@@H]1CCNC[C@@]12CCN(Cc1ccsc1)C2. The fourth-order valence-electron chi connectivity index (χ4n) is 3.14. The van der Waals surface area contributed by atoms with Crippen LogP contribution in [0.25, 0.3) is 0 Å². The maximum absolute atomic E-state index is 14.1. The van der Waals surface area contributed by atoms with E-state index in [2.05, 4.69) is 27.0 Å². The number of hydrogen-bond acceptors (Lipinski definition) is 3. The van der Waals surface area contributed by atoms with Crippen molar-refractivity contribution in [3.63, 3.8) is 0 Å². The van der Waals surface area contributed by atoms with Gasteiger partial charge in [-0.15, -0.1) is 0 Å². The van der Waals surface area contributed by atoms with E-state index in [4.69, 9.17) is 0 Å². The molecule has 2 aliphatic rings. The molecule has 2 aliphatic heterocycles. The van der Waals surface area contributed by atoms with E-state index in [9.17, 15) is 4.39 Å². The van der Waals surface area contributed by atoms with Crippen LogP contribution in [-0.2, 0) is 6.54 Å². The Bertz CT molecular complexity index is 368. The Morgan fingerprint density at radius 2 is 2.53 bits per heavy atom. The minimum Gasteiger partial charge on any atom is -0.316 e. The average Bonchev–Trinajstić information content (AvgIpc) is 2.95. The second kappa shape index (κ2) is 4.67. The molecule has 2 saturated heterocycles. The van der Waals surface area contributed by atoms with Gasteiger partial charge in [0.25, 0.3) is 0 Å². The lowest BCUT2D eigenvalue weighted by molar-refractivity contribution is 0.0748. The highest BCUT2D eigenvalue weighted by molar-refractivity contribution is 7.07. The molecule has 2 nitrogen and oxygen atoms in total.